The Morgan fingerprint density at radius 1 is 0.389 bits per heavy atom. The van der Waals surface area contributed by atoms with Crippen molar-refractivity contribution in [3.05, 3.63) is 119 Å². The zero-order chi connectivity index (χ0) is 26.1. The van der Waals surface area contributed by atoms with Crippen LogP contribution in [0.2, 0.25) is 0 Å². The molecule has 4 aromatic rings. The van der Waals surface area contributed by atoms with Crippen molar-refractivity contribution < 1.29 is 9.13 Å². The molecule has 4 rings (SSSR count). The second-order valence-electron chi connectivity index (χ2n) is 10.1. The van der Waals surface area contributed by atoms with Gasteiger partial charge in [-0.25, -0.2) is 0 Å². The van der Waals surface area contributed by atoms with Crippen LogP contribution < -0.4 is 21.2 Å². The number of rotatable bonds is 7. The zero-order valence-corrected chi connectivity index (χ0v) is 23.9. The lowest BCUT2D eigenvalue weighted by Crippen LogP contribution is -2.36. The van der Waals surface area contributed by atoms with Gasteiger partial charge in [0.05, 0.1) is 0 Å². The second-order valence-corrected chi connectivity index (χ2v) is 16.5. The minimum absolute atomic E-state index is 0.351. The first-order valence-corrected chi connectivity index (χ1v) is 16.1. The Bertz CT molecular complexity index is 1210. The van der Waals surface area contributed by atoms with Crippen molar-refractivity contribution in [2.24, 2.45) is 0 Å². The van der Waals surface area contributed by atoms with Crippen LogP contribution >= 0.6 is 14.3 Å². The molecule has 2 atom stereocenters. The topological polar surface area (TPSA) is 34.1 Å². The molecule has 0 aliphatic rings. The van der Waals surface area contributed by atoms with Gasteiger partial charge in [0.15, 0.2) is 0 Å². The van der Waals surface area contributed by atoms with E-state index in [2.05, 4.69) is 0 Å². The molecule has 0 bridgehead atoms. The summed E-state index contributed by atoms with van der Waals surface area (Å²) in [4.78, 5) is 0. The van der Waals surface area contributed by atoms with Crippen molar-refractivity contribution in [3.8, 4) is 0 Å². The second kappa shape index (κ2) is 10.4. The zero-order valence-electron chi connectivity index (χ0n) is 22.1. The van der Waals surface area contributed by atoms with Crippen LogP contribution in [-0.2, 0) is 9.13 Å². The van der Waals surface area contributed by atoms with Crippen LogP contribution in [-0.4, -0.2) is 11.3 Å². The molecule has 186 valence electrons. The van der Waals surface area contributed by atoms with Crippen LogP contribution in [0.3, 0.4) is 0 Å². The minimum atomic E-state index is -3.14. The van der Waals surface area contributed by atoms with E-state index >= 15 is 9.13 Å². The highest BCUT2D eigenvalue weighted by Crippen LogP contribution is 2.59. The van der Waals surface area contributed by atoms with Gasteiger partial charge < -0.3 is 9.13 Å². The fraction of sp³-hybridized carbons (Fsp3) is 0.250. The molecule has 0 saturated carbocycles. The van der Waals surface area contributed by atoms with E-state index in [1.807, 2.05) is 139 Å². The highest BCUT2D eigenvalue weighted by molar-refractivity contribution is 7.83. The van der Waals surface area contributed by atoms with E-state index in [0.29, 0.717) is 0 Å². The van der Waals surface area contributed by atoms with E-state index in [1.165, 1.54) is 0 Å². The molecule has 0 aromatic heterocycles. The van der Waals surface area contributed by atoms with E-state index in [0.717, 1.165) is 43.5 Å². The van der Waals surface area contributed by atoms with Crippen molar-refractivity contribution >= 4 is 35.5 Å². The van der Waals surface area contributed by atoms with Crippen LogP contribution in [0, 0.1) is 27.7 Å². The Kier molecular flexibility index (Phi) is 7.61. The fourth-order valence-corrected chi connectivity index (χ4v) is 12.1. The monoisotopic (exact) mass is 514 g/mol. The van der Waals surface area contributed by atoms with Gasteiger partial charge in [0.2, 0.25) is 0 Å². The molecule has 0 saturated heterocycles. The summed E-state index contributed by atoms with van der Waals surface area (Å²) in [7, 11) is -6.28. The first-order valence-electron chi connectivity index (χ1n) is 12.5. The van der Waals surface area contributed by atoms with Crippen LogP contribution in [0.25, 0.3) is 0 Å². The molecule has 2 nitrogen and oxygen atoms in total. The average Bonchev–Trinajstić information content (AvgIpc) is 2.88. The SMILES string of the molecule is Cc1ccc(P(=O)(c2ccc(C)cc2)[C@H](C)[C@@H](C)P(=O)(c2ccc(C)cc2)c2ccc(C)cc2)cc1. The molecule has 0 N–H and O–H groups in total. The van der Waals surface area contributed by atoms with Gasteiger partial charge in [-0.2, -0.15) is 0 Å². The van der Waals surface area contributed by atoms with Crippen LogP contribution in [0.4, 0.5) is 0 Å². The lowest BCUT2D eigenvalue weighted by Gasteiger charge is -2.35. The lowest BCUT2D eigenvalue weighted by molar-refractivity contribution is 0.565. The molecule has 36 heavy (non-hydrogen) atoms. The largest absolute Gasteiger partial charge is 0.313 e. The maximum atomic E-state index is 15.3. The minimum Gasteiger partial charge on any atom is -0.313 e. The standard InChI is InChI=1S/C32H36O2P2/c1-23-7-15-29(16-8-23)35(33,30-17-9-24(2)10-18-30)27(5)28(6)36(34,31-19-11-25(3)12-20-31)32-21-13-26(4)14-22-32/h7-22,27-28H,1-6H3/t27-,28-/m1/s1. The molecule has 4 aromatic carbocycles. The molecular formula is C32H36O2P2. The van der Waals surface area contributed by atoms with Gasteiger partial charge >= 0.3 is 0 Å². The van der Waals surface area contributed by atoms with E-state index in [9.17, 15) is 0 Å². The smallest absolute Gasteiger partial charge is 0.146 e. The van der Waals surface area contributed by atoms with Crippen LogP contribution in [0.5, 0.6) is 0 Å². The van der Waals surface area contributed by atoms with Gasteiger partial charge in [0.25, 0.3) is 0 Å². The van der Waals surface area contributed by atoms with E-state index in [1.54, 1.807) is 0 Å². The van der Waals surface area contributed by atoms with Crippen molar-refractivity contribution in [3.63, 3.8) is 0 Å². The fourth-order valence-electron chi connectivity index (χ4n) is 4.91. The molecule has 0 aliphatic heterocycles. The summed E-state index contributed by atoms with van der Waals surface area (Å²) in [5, 5.41) is 3.26. The molecule has 0 heterocycles. The first kappa shape index (κ1) is 26.4. The average molecular weight is 515 g/mol. The van der Waals surface area contributed by atoms with Gasteiger partial charge in [-0.15, -0.1) is 0 Å². The summed E-state index contributed by atoms with van der Waals surface area (Å²) in [6.45, 7) is 12.2. The van der Waals surface area contributed by atoms with E-state index in [-0.39, 0.29) is 11.3 Å². The van der Waals surface area contributed by atoms with Gasteiger partial charge in [0.1, 0.15) is 14.3 Å². The summed E-state index contributed by atoms with van der Waals surface area (Å²) in [6, 6.07) is 32.1. The molecular weight excluding hydrogens is 478 g/mol. The number of hydrogen-bond donors (Lipinski definition) is 0. The Morgan fingerprint density at radius 3 is 0.722 bits per heavy atom. The Morgan fingerprint density at radius 2 is 0.556 bits per heavy atom. The van der Waals surface area contributed by atoms with Crippen LogP contribution in [0.15, 0.2) is 97.1 Å². The first-order chi connectivity index (χ1) is 17.1. The maximum Gasteiger partial charge on any atom is 0.146 e. The number of benzene rings is 4. The van der Waals surface area contributed by atoms with Crippen molar-refractivity contribution in [1.82, 2.24) is 0 Å². The summed E-state index contributed by atoms with van der Waals surface area (Å²) in [5.41, 5.74) is 3.80. The predicted octanol–water partition coefficient (Wildman–Crippen LogP) is 7.03. The van der Waals surface area contributed by atoms with Gasteiger partial charge in [-0.1, -0.05) is 133 Å². The van der Waals surface area contributed by atoms with E-state index < -0.39 is 14.3 Å². The highest BCUT2D eigenvalue weighted by Gasteiger charge is 2.45. The third-order valence-corrected chi connectivity index (χ3v) is 15.2. The summed E-state index contributed by atoms with van der Waals surface area (Å²) >= 11 is 0. The lowest BCUT2D eigenvalue weighted by atomic mass is 10.2. The van der Waals surface area contributed by atoms with Crippen molar-refractivity contribution in [1.29, 1.82) is 0 Å². The molecule has 0 unspecified atom stereocenters. The quantitative estimate of drug-likeness (QED) is 0.248. The predicted molar refractivity (Wildman–Crippen MR) is 157 cm³/mol. The summed E-state index contributed by atoms with van der Waals surface area (Å²) in [6.07, 6.45) is 0. The summed E-state index contributed by atoms with van der Waals surface area (Å²) < 4.78 is 30.6. The molecule has 4 heteroatoms. The van der Waals surface area contributed by atoms with Crippen molar-refractivity contribution in [2.45, 2.75) is 52.9 Å². The van der Waals surface area contributed by atoms with E-state index in [4.69, 9.17) is 0 Å². The Balaban J connectivity index is 1.92. The molecule has 0 fully saturated rings. The normalized spacial score (nSPS) is 13.8. The van der Waals surface area contributed by atoms with Gasteiger partial charge in [0, 0.05) is 32.5 Å². The number of hydrogen-bond acceptors (Lipinski definition) is 2. The van der Waals surface area contributed by atoms with Gasteiger partial charge in [-0.3, -0.25) is 0 Å². The van der Waals surface area contributed by atoms with Crippen LogP contribution in [0.1, 0.15) is 36.1 Å². The maximum absolute atomic E-state index is 15.3. The third-order valence-electron chi connectivity index (χ3n) is 7.52. The Hall–Kier alpha value is -2.66. The van der Waals surface area contributed by atoms with Gasteiger partial charge in [-0.05, 0) is 27.7 Å². The Labute approximate surface area is 216 Å². The third kappa shape index (κ3) is 4.82. The molecule has 0 radical (unpaired) electrons. The highest BCUT2D eigenvalue weighted by atomic mass is 31.2. The summed E-state index contributed by atoms with van der Waals surface area (Å²) in [5.74, 6) is 0. The molecule has 0 aliphatic carbocycles. The molecule has 0 spiro atoms. The van der Waals surface area contributed by atoms with Crippen molar-refractivity contribution in [2.75, 3.05) is 0 Å². The number of aryl methyl sites for hydroxylation is 4. The molecule has 0 amide bonds.